The molecule has 31 heavy (non-hydrogen) atoms. The number of hydrogen-bond acceptors (Lipinski definition) is 7. The van der Waals surface area contributed by atoms with E-state index in [-0.39, 0.29) is 24.1 Å². The summed E-state index contributed by atoms with van der Waals surface area (Å²) in [5.41, 5.74) is -0.111. The van der Waals surface area contributed by atoms with Gasteiger partial charge in [0.2, 0.25) is 12.7 Å². The minimum absolute atomic E-state index is 0.0822. The molecule has 0 radical (unpaired) electrons. The second-order valence-electron chi connectivity index (χ2n) is 6.64. The molecule has 0 saturated heterocycles. The highest BCUT2D eigenvalue weighted by molar-refractivity contribution is 8.13. The molecular formula is C23H25NO6S. The van der Waals surface area contributed by atoms with Gasteiger partial charge in [0, 0.05) is 12.7 Å². The number of nitrogens with one attached hydrogen (secondary N) is 1. The summed E-state index contributed by atoms with van der Waals surface area (Å²) < 4.78 is 70.6. The zero-order chi connectivity index (χ0) is 28.4. The Labute approximate surface area is 195 Å². The predicted octanol–water partition coefficient (Wildman–Crippen LogP) is 3.10. The van der Waals surface area contributed by atoms with Gasteiger partial charge >= 0.3 is 5.97 Å². The van der Waals surface area contributed by atoms with E-state index in [9.17, 15) is 14.4 Å². The summed E-state index contributed by atoms with van der Waals surface area (Å²) in [6, 6.07) is -0.177. The molecule has 0 fully saturated rings. The van der Waals surface area contributed by atoms with Crippen LogP contribution in [0.25, 0.3) is 0 Å². The van der Waals surface area contributed by atoms with Gasteiger partial charge in [-0.1, -0.05) is 48.0 Å². The Morgan fingerprint density at radius 2 is 1.94 bits per heavy atom. The first-order valence-electron chi connectivity index (χ1n) is 12.9. The number of carbonyl (C=O) groups excluding carboxylic acids is 3. The third-order valence-electron chi connectivity index (χ3n) is 4.24. The first-order chi connectivity index (χ1) is 17.7. The van der Waals surface area contributed by atoms with Gasteiger partial charge in [-0.3, -0.25) is 9.59 Å². The van der Waals surface area contributed by atoms with Crippen molar-refractivity contribution in [2.75, 3.05) is 12.5 Å². The lowest BCUT2D eigenvalue weighted by molar-refractivity contribution is -0.148. The number of benzene rings is 2. The molecule has 164 valence electrons. The molecule has 0 unspecified atom stereocenters. The lowest BCUT2D eigenvalue weighted by Gasteiger charge is -2.19. The van der Waals surface area contributed by atoms with Crippen LogP contribution in [0.4, 0.5) is 0 Å². The summed E-state index contributed by atoms with van der Waals surface area (Å²) in [6.07, 6.45) is 0.202. The van der Waals surface area contributed by atoms with Crippen molar-refractivity contribution in [3.05, 3.63) is 59.5 Å². The zero-order valence-electron chi connectivity index (χ0n) is 23.9. The van der Waals surface area contributed by atoms with E-state index < -0.39 is 66.2 Å². The van der Waals surface area contributed by atoms with E-state index in [2.05, 4.69) is 5.32 Å². The Morgan fingerprint density at radius 1 is 1.19 bits per heavy atom. The molecule has 0 bridgehead atoms. The van der Waals surface area contributed by atoms with Gasteiger partial charge in [-0.25, -0.2) is 4.79 Å². The molecule has 0 saturated carbocycles. The summed E-state index contributed by atoms with van der Waals surface area (Å²) in [5, 5.41) is 2.25. The van der Waals surface area contributed by atoms with Crippen LogP contribution in [0.5, 0.6) is 11.5 Å². The second kappa shape index (κ2) is 10.9. The Morgan fingerprint density at radius 3 is 2.68 bits per heavy atom. The Balaban J connectivity index is 1.74. The summed E-state index contributed by atoms with van der Waals surface area (Å²) in [7, 11) is 0. The van der Waals surface area contributed by atoms with Crippen molar-refractivity contribution in [2.24, 2.45) is 5.92 Å². The Bertz CT molecular complexity index is 1250. The van der Waals surface area contributed by atoms with Gasteiger partial charge in [0.15, 0.2) is 16.6 Å². The molecule has 7 nitrogen and oxygen atoms in total. The fraction of sp³-hybridized carbons (Fsp3) is 0.348. The molecule has 1 heterocycles. The molecule has 0 spiro atoms. The topological polar surface area (TPSA) is 90.9 Å². The zero-order valence-corrected chi connectivity index (χ0v) is 17.7. The summed E-state index contributed by atoms with van der Waals surface area (Å²) in [6.45, 7) is -0.381. The second-order valence-corrected chi connectivity index (χ2v) is 7.84. The van der Waals surface area contributed by atoms with Crippen LogP contribution in [-0.2, 0) is 32.1 Å². The van der Waals surface area contributed by atoms with Crippen LogP contribution < -0.4 is 14.8 Å². The minimum Gasteiger partial charge on any atom is -0.459 e. The van der Waals surface area contributed by atoms with Crippen LogP contribution in [0.1, 0.15) is 34.6 Å². The molecule has 1 aliphatic rings. The molecule has 2 aromatic carbocycles. The molecule has 0 aromatic heterocycles. The van der Waals surface area contributed by atoms with E-state index in [0.29, 0.717) is 11.5 Å². The standard InChI is InChI=1S/C23H25NO6S/c1-15(23(27)28-12-17-6-4-3-5-7-17)24-22(26)19(13-31-16(2)25)10-18-8-9-20-21(11-18)30-14-29-20/h3-9,11,15,19H,10,12-14H2,1-2H3,(H,24,26)/t15-,19+/m0/s1/i3D,4D,5D,6D,7D,12D2. The Kier molecular flexibility index (Phi) is 5.22. The van der Waals surface area contributed by atoms with E-state index in [1.165, 1.54) is 13.8 Å². The normalized spacial score (nSPS) is 17.5. The number of amides is 1. The number of esters is 1. The van der Waals surface area contributed by atoms with Gasteiger partial charge in [0.25, 0.3) is 0 Å². The molecule has 1 aliphatic heterocycles. The van der Waals surface area contributed by atoms with E-state index in [1.807, 2.05) is 0 Å². The van der Waals surface area contributed by atoms with Crippen molar-refractivity contribution < 1.29 is 38.2 Å². The lowest BCUT2D eigenvalue weighted by Crippen LogP contribution is -2.43. The smallest absolute Gasteiger partial charge is 0.328 e. The Hall–Kier alpha value is -3.00. The summed E-state index contributed by atoms with van der Waals surface area (Å²) in [5.74, 6) is -1.37. The van der Waals surface area contributed by atoms with Gasteiger partial charge in [0.05, 0.1) is 15.5 Å². The van der Waals surface area contributed by atoms with Crippen molar-refractivity contribution in [1.29, 1.82) is 0 Å². The molecule has 2 atom stereocenters. The van der Waals surface area contributed by atoms with Gasteiger partial charge < -0.3 is 19.5 Å². The van der Waals surface area contributed by atoms with Crippen molar-refractivity contribution in [3.63, 3.8) is 0 Å². The van der Waals surface area contributed by atoms with Gasteiger partial charge in [-0.15, -0.1) is 0 Å². The van der Waals surface area contributed by atoms with Gasteiger partial charge in [0.1, 0.15) is 12.6 Å². The highest BCUT2D eigenvalue weighted by atomic mass is 32.2. The third kappa shape index (κ3) is 6.75. The van der Waals surface area contributed by atoms with Crippen LogP contribution in [0, 0.1) is 5.92 Å². The summed E-state index contributed by atoms with van der Waals surface area (Å²) in [4.78, 5) is 37.3. The van der Waals surface area contributed by atoms with Crippen molar-refractivity contribution in [1.82, 2.24) is 5.32 Å². The molecule has 1 N–H and O–H groups in total. The average Bonchev–Trinajstić information content (AvgIpc) is 3.31. The fourth-order valence-electron chi connectivity index (χ4n) is 2.68. The molecule has 8 heteroatoms. The van der Waals surface area contributed by atoms with Crippen LogP contribution in [0.2, 0.25) is 0 Å². The SMILES string of the molecule is [2H]c1c([2H])c([2H])c(C([2H])([2H])OC(=O)[C@H](C)NC(=O)[C@@H](CSC(C)=O)Cc2ccc3c(c2)OCO3)c([2H])c1[2H]. The third-order valence-corrected chi connectivity index (χ3v) is 5.22. The van der Waals surface area contributed by atoms with Crippen LogP contribution in [-0.4, -0.2) is 35.6 Å². The maximum atomic E-state index is 13.1. The average molecular weight is 451 g/mol. The van der Waals surface area contributed by atoms with Crippen LogP contribution in [0.3, 0.4) is 0 Å². The maximum Gasteiger partial charge on any atom is 0.328 e. The number of hydrogen-bond donors (Lipinski definition) is 1. The van der Waals surface area contributed by atoms with Crippen molar-refractivity contribution >= 4 is 28.8 Å². The first kappa shape index (κ1) is 14.9. The molecule has 2 aromatic rings. The van der Waals surface area contributed by atoms with E-state index in [1.54, 1.807) is 18.2 Å². The number of ether oxygens (including phenoxy) is 3. The molecule has 0 aliphatic carbocycles. The number of carbonyl (C=O) groups is 3. The molecule has 1 amide bonds. The quantitative estimate of drug-likeness (QED) is 0.587. The van der Waals surface area contributed by atoms with Crippen molar-refractivity contribution in [2.45, 2.75) is 32.9 Å². The highest BCUT2D eigenvalue weighted by Gasteiger charge is 2.25. The van der Waals surface area contributed by atoms with Gasteiger partial charge in [-0.2, -0.15) is 0 Å². The molecular weight excluding hydrogens is 418 g/mol. The number of thioether (sulfide) groups is 1. The highest BCUT2D eigenvalue weighted by Crippen LogP contribution is 2.33. The predicted molar refractivity (Wildman–Crippen MR) is 117 cm³/mol. The van der Waals surface area contributed by atoms with Crippen LogP contribution >= 0.6 is 11.8 Å². The lowest BCUT2D eigenvalue weighted by atomic mass is 9.99. The van der Waals surface area contributed by atoms with Gasteiger partial charge in [-0.05, 0) is 36.6 Å². The van der Waals surface area contributed by atoms with E-state index in [4.69, 9.17) is 23.8 Å². The van der Waals surface area contributed by atoms with Crippen molar-refractivity contribution in [3.8, 4) is 11.5 Å². The number of rotatable bonds is 9. The maximum absolute atomic E-state index is 13.1. The monoisotopic (exact) mass is 450 g/mol. The first-order valence-corrected chi connectivity index (χ1v) is 10.3. The number of fused-ring (bicyclic) bond motifs is 1. The summed E-state index contributed by atoms with van der Waals surface area (Å²) >= 11 is 0.938. The van der Waals surface area contributed by atoms with E-state index in [0.717, 1.165) is 17.3 Å². The minimum atomic E-state index is -3.08. The fourth-order valence-corrected chi connectivity index (χ4v) is 3.38. The van der Waals surface area contributed by atoms with Crippen LogP contribution in [0.15, 0.2) is 48.4 Å². The molecule has 3 rings (SSSR count). The van der Waals surface area contributed by atoms with E-state index >= 15 is 0 Å². The largest absolute Gasteiger partial charge is 0.459 e.